The molecule has 1 saturated carbocycles. The zero-order valence-electron chi connectivity index (χ0n) is 8.83. The average Bonchev–Trinajstić information content (AvgIpc) is 2.46. The highest BCUT2D eigenvalue weighted by molar-refractivity contribution is 4.93. The van der Waals surface area contributed by atoms with Gasteiger partial charge in [0.25, 0.3) is 0 Å². The third-order valence-corrected chi connectivity index (χ3v) is 3.90. The van der Waals surface area contributed by atoms with E-state index in [1.54, 1.807) is 0 Å². The molecule has 0 bridgehead atoms. The molecule has 13 heavy (non-hydrogen) atoms. The normalized spacial score (nSPS) is 40.6. The number of methoxy groups -OCH3 is 1. The Labute approximate surface area is 81.3 Å². The third-order valence-electron chi connectivity index (χ3n) is 3.90. The lowest BCUT2D eigenvalue weighted by Crippen LogP contribution is -2.37. The molecule has 0 aromatic heterocycles. The largest absolute Gasteiger partial charge is 0.383 e. The first kappa shape index (κ1) is 9.47. The summed E-state index contributed by atoms with van der Waals surface area (Å²) in [5.74, 6) is 0.971. The minimum atomic E-state index is 0.693. The van der Waals surface area contributed by atoms with E-state index in [0.29, 0.717) is 6.04 Å². The molecule has 0 N–H and O–H groups in total. The fraction of sp³-hybridized carbons (Fsp3) is 1.00. The van der Waals surface area contributed by atoms with Crippen LogP contribution in [0.4, 0.5) is 0 Å². The van der Waals surface area contributed by atoms with Crippen LogP contribution in [0.5, 0.6) is 0 Å². The molecule has 0 aromatic carbocycles. The Bertz CT molecular complexity index is 171. The molecule has 3 atom stereocenters. The molecule has 76 valence electrons. The first-order chi connectivity index (χ1) is 6.33. The van der Waals surface area contributed by atoms with Crippen molar-refractivity contribution in [2.24, 2.45) is 5.92 Å². The van der Waals surface area contributed by atoms with Gasteiger partial charge in [-0.1, -0.05) is 12.8 Å². The van der Waals surface area contributed by atoms with Crippen LogP contribution >= 0.6 is 0 Å². The fourth-order valence-electron chi connectivity index (χ4n) is 3.16. The smallest absolute Gasteiger partial charge is 0.0618 e. The van der Waals surface area contributed by atoms with Crippen LogP contribution in [0.15, 0.2) is 0 Å². The quantitative estimate of drug-likeness (QED) is 0.648. The molecule has 2 rings (SSSR count). The SMILES string of the molecule is COC[C@@H]1C[C@@H]2CCCC[C@@H]2N1C. The maximum Gasteiger partial charge on any atom is 0.0618 e. The highest BCUT2D eigenvalue weighted by Crippen LogP contribution is 2.38. The van der Waals surface area contributed by atoms with Crippen LogP contribution in [0.2, 0.25) is 0 Å². The topological polar surface area (TPSA) is 12.5 Å². The van der Waals surface area contributed by atoms with E-state index in [0.717, 1.165) is 18.6 Å². The van der Waals surface area contributed by atoms with Gasteiger partial charge < -0.3 is 4.74 Å². The Morgan fingerprint density at radius 1 is 1.31 bits per heavy atom. The molecule has 1 heterocycles. The van der Waals surface area contributed by atoms with Gasteiger partial charge in [-0.25, -0.2) is 0 Å². The Morgan fingerprint density at radius 3 is 2.77 bits per heavy atom. The molecule has 2 fully saturated rings. The lowest BCUT2D eigenvalue weighted by Gasteiger charge is -2.30. The summed E-state index contributed by atoms with van der Waals surface area (Å²) in [7, 11) is 4.09. The van der Waals surface area contributed by atoms with E-state index in [-0.39, 0.29) is 0 Å². The average molecular weight is 183 g/mol. The number of hydrogen-bond acceptors (Lipinski definition) is 2. The monoisotopic (exact) mass is 183 g/mol. The summed E-state index contributed by atoms with van der Waals surface area (Å²) in [6.45, 7) is 0.920. The number of likely N-dealkylation sites (tertiary alicyclic amines) is 1. The molecule has 1 aliphatic carbocycles. The predicted octanol–water partition coefficient (Wildman–Crippen LogP) is 1.90. The van der Waals surface area contributed by atoms with Gasteiger partial charge in [-0.3, -0.25) is 4.90 Å². The summed E-state index contributed by atoms with van der Waals surface area (Å²) in [6.07, 6.45) is 7.13. The van der Waals surface area contributed by atoms with Gasteiger partial charge in [0.2, 0.25) is 0 Å². The molecule has 2 heteroatoms. The van der Waals surface area contributed by atoms with Crippen molar-refractivity contribution in [1.29, 1.82) is 0 Å². The highest BCUT2D eigenvalue weighted by Gasteiger charge is 2.39. The molecule has 2 nitrogen and oxygen atoms in total. The van der Waals surface area contributed by atoms with Crippen molar-refractivity contribution >= 4 is 0 Å². The van der Waals surface area contributed by atoms with Gasteiger partial charge in [-0.05, 0) is 32.2 Å². The van der Waals surface area contributed by atoms with E-state index in [1.807, 2.05) is 7.11 Å². The summed E-state index contributed by atoms with van der Waals surface area (Å²) in [5.41, 5.74) is 0. The molecule has 2 aliphatic rings. The molecule has 0 radical (unpaired) electrons. The van der Waals surface area contributed by atoms with E-state index >= 15 is 0 Å². The van der Waals surface area contributed by atoms with Crippen LogP contribution in [-0.2, 0) is 4.74 Å². The Hall–Kier alpha value is -0.0800. The van der Waals surface area contributed by atoms with Crippen molar-refractivity contribution in [1.82, 2.24) is 4.90 Å². The van der Waals surface area contributed by atoms with Gasteiger partial charge >= 0.3 is 0 Å². The zero-order chi connectivity index (χ0) is 9.26. The van der Waals surface area contributed by atoms with Crippen LogP contribution in [0.1, 0.15) is 32.1 Å². The lowest BCUT2D eigenvalue weighted by molar-refractivity contribution is 0.107. The third kappa shape index (κ3) is 1.75. The van der Waals surface area contributed by atoms with Gasteiger partial charge in [0, 0.05) is 19.2 Å². The van der Waals surface area contributed by atoms with E-state index in [2.05, 4.69) is 11.9 Å². The Kier molecular flexibility index (Phi) is 2.89. The van der Waals surface area contributed by atoms with Crippen molar-refractivity contribution in [2.75, 3.05) is 20.8 Å². The van der Waals surface area contributed by atoms with Crippen LogP contribution in [-0.4, -0.2) is 37.7 Å². The number of likely N-dealkylation sites (N-methyl/N-ethyl adjacent to an activating group) is 1. The molecule has 0 amide bonds. The lowest BCUT2D eigenvalue weighted by atomic mass is 9.85. The van der Waals surface area contributed by atoms with Crippen molar-refractivity contribution in [3.05, 3.63) is 0 Å². The van der Waals surface area contributed by atoms with Gasteiger partial charge in [-0.15, -0.1) is 0 Å². The van der Waals surface area contributed by atoms with Crippen LogP contribution in [0, 0.1) is 5.92 Å². The van der Waals surface area contributed by atoms with Gasteiger partial charge in [0.05, 0.1) is 6.61 Å². The summed E-state index contributed by atoms with van der Waals surface area (Å²) in [6, 6.07) is 1.56. The first-order valence-corrected chi connectivity index (χ1v) is 5.54. The molecule has 0 spiro atoms. The molecular formula is C11H21NO. The van der Waals surface area contributed by atoms with Gasteiger partial charge in [0.1, 0.15) is 0 Å². The number of fused-ring (bicyclic) bond motifs is 1. The minimum Gasteiger partial charge on any atom is -0.383 e. The second-order valence-corrected chi connectivity index (χ2v) is 4.62. The maximum absolute atomic E-state index is 5.26. The van der Waals surface area contributed by atoms with Crippen molar-refractivity contribution < 1.29 is 4.74 Å². The minimum absolute atomic E-state index is 0.693. The molecule has 0 aromatic rings. The highest BCUT2D eigenvalue weighted by atomic mass is 16.5. The fourth-order valence-corrected chi connectivity index (χ4v) is 3.16. The predicted molar refractivity (Wildman–Crippen MR) is 53.8 cm³/mol. The second kappa shape index (κ2) is 3.97. The number of rotatable bonds is 2. The molecule has 1 saturated heterocycles. The van der Waals surface area contributed by atoms with Crippen LogP contribution < -0.4 is 0 Å². The van der Waals surface area contributed by atoms with E-state index in [4.69, 9.17) is 4.74 Å². The maximum atomic E-state index is 5.26. The second-order valence-electron chi connectivity index (χ2n) is 4.62. The first-order valence-electron chi connectivity index (χ1n) is 5.54. The Balaban J connectivity index is 1.96. The van der Waals surface area contributed by atoms with Crippen LogP contribution in [0.3, 0.4) is 0 Å². The van der Waals surface area contributed by atoms with E-state index < -0.39 is 0 Å². The van der Waals surface area contributed by atoms with Crippen molar-refractivity contribution in [2.45, 2.75) is 44.2 Å². The van der Waals surface area contributed by atoms with Crippen molar-refractivity contribution in [3.8, 4) is 0 Å². The van der Waals surface area contributed by atoms with Crippen LogP contribution in [0.25, 0.3) is 0 Å². The van der Waals surface area contributed by atoms with E-state index in [9.17, 15) is 0 Å². The summed E-state index contributed by atoms with van der Waals surface area (Å²) in [4.78, 5) is 2.56. The number of nitrogens with zero attached hydrogens (tertiary/aromatic N) is 1. The number of hydrogen-bond donors (Lipinski definition) is 0. The number of ether oxygens (including phenoxy) is 1. The van der Waals surface area contributed by atoms with Gasteiger partial charge in [0.15, 0.2) is 0 Å². The summed E-state index contributed by atoms with van der Waals surface area (Å²) in [5, 5.41) is 0. The van der Waals surface area contributed by atoms with Crippen molar-refractivity contribution in [3.63, 3.8) is 0 Å². The molecule has 1 aliphatic heterocycles. The van der Waals surface area contributed by atoms with E-state index in [1.165, 1.54) is 32.1 Å². The van der Waals surface area contributed by atoms with Gasteiger partial charge in [-0.2, -0.15) is 0 Å². The molecule has 0 unspecified atom stereocenters. The molecular weight excluding hydrogens is 162 g/mol. The summed E-state index contributed by atoms with van der Waals surface area (Å²) >= 11 is 0. The standard InChI is InChI=1S/C11H21NO/c1-12-10(8-13-2)7-9-5-3-4-6-11(9)12/h9-11H,3-8H2,1-2H3/t9-,10-,11-/m0/s1. The Morgan fingerprint density at radius 2 is 2.08 bits per heavy atom. The zero-order valence-corrected chi connectivity index (χ0v) is 8.83. The summed E-state index contributed by atoms with van der Waals surface area (Å²) < 4.78 is 5.26.